The number of thiophene rings is 1. The Morgan fingerprint density at radius 2 is 1.67 bits per heavy atom. The highest BCUT2D eigenvalue weighted by Gasteiger charge is 2.33. The summed E-state index contributed by atoms with van der Waals surface area (Å²) in [5.41, 5.74) is -0.839. The van der Waals surface area contributed by atoms with E-state index in [-0.39, 0.29) is 22.2 Å². The van der Waals surface area contributed by atoms with E-state index in [1.807, 2.05) is 0 Å². The average molecular weight is 364 g/mol. The van der Waals surface area contributed by atoms with Crippen molar-refractivity contribution in [3.05, 3.63) is 46.8 Å². The smallest absolute Gasteiger partial charge is 0.333 e. The molecule has 0 atom stereocenters. The van der Waals surface area contributed by atoms with Crippen LogP contribution in [0.1, 0.15) is 10.4 Å². The second-order valence-corrected chi connectivity index (χ2v) is 5.75. The highest BCUT2D eigenvalue weighted by molar-refractivity contribution is 7.15. The lowest BCUT2D eigenvalue weighted by Crippen LogP contribution is -2.04. The third kappa shape index (κ3) is 3.28. The number of halogens is 6. The number of nitrogens with zero attached hydrogens (tertiary/aromatic N) is 2. The Labute approximate surface area is 134 Å². The van der Waals surface area contributed by atoms with Crippen molar-refractivity contribution in [3.8, 4) is 22.2 Å². The van der Waals surface area contributed by atoms with Gasteiger partial charge in [0.05, 0.1) is 10.4 Å². The second kappa shape index (κ2) is 5.62. The zero-order valence-electron chi connectivity index (χ0n) is 11.4. The van der Waals surface area contributed by atoms with Gasteiger partial charge in [0.2, 0.25) is 5.82 Å². The second-order valence-electron chi connectivity index (χ2n) is 4.66. The molecule has 0 spiro atoms. The minimum absolute atomic E-state index is 0.0485. The molecule has 0 saturated carbocycles. The van der Waals surface area contributed by atoms with Crippen LogP contribution in [0.4, 0.5) is 26.3 Å². The first-order valence-corrected chi connectivity index (χ1v) is 7.15. The first-order valence-electron chi connectivity index (χ1n) is 6.33. The van der Waals surface area contributed by atoms with Crippen LogP contribution in [0.5, 0.6) is 0 Å². The summed E-state index contributed by atoms with van der Waals surface area (Å²) >= 11 is 0.408. The molecule has 0 unspecified atom stereocenters. The molecule has 2 aromatic heterocycles. The fourth-order valence-corrected chi connectivity index (χ4v) is 2.68. The molecule has 0 fully saturated rings. The maximum absolute atomic E-state index is 12.7. The van der Waals surface area contributed by atoms with Gasteiger partial charge in [-0.25, -0.2) is 0 Å². The maximum atomic E-state index is 12.7. The molecule has 0 radical (unpaired) electrons. The molecule has 0 amide bonds. The molecular weight excluding hydrogens is 358 g/mol. The molecule has 0 bridgehead atoms. The van der Waals surface area contributed by atoms with Crippen LogP contribution in [-0.2, 0) is 12.4 Å². The SMILES string of the molecule is FC(F)(F)c1cccc(-c2noc(-c3ccc(C(F)(F)F)s3)n2)c1. The summed E-state index contributed by atoms with van der Waals surface area (Å²) in [5.74, 6) is -0.332. The van der Waals surface area contributed by atoms with E-state index < -0.39 is 22.8 Å². The van der Waals surface area contributed by atoms with Crippen molar-refractivity contribution in [2.45, 2.75) is 12.4 Å². The van der Waals surface area contributed by atoms with E-state index in [0.29, 0.717) is 11.3 Å². The van der Waals surface area contributed by atoms with E-state index in [1.165, 1.54) is 12.1 Å². The molecule has 1 aromatic carbocycles. The van der Waals surface area contributed by atoms with E-state index in [4.69, 9.17) is 4.52 Å². The van der Waals surface area contributed by atoms with Crippen molar-refractivity contribution in [1.82, 2.24) is 10.1 Å². The minimum atomic E-state index is -4.53. The Balaban J connectivity index is 1.93. The van der Waals surface area contributed by atoms with E-state index >= 15 is 0 Å². The summed E-state index contributed by atoms with van der Waals surface area (Å²) in [7, 11) is 0. The van der Waals surface area contributed by atoms with Gasteiger partial charge in [-0.3, -0.25) is 0 Å². The van der Waals surface area contributed by atoms with E-state index in [0.717, 1.165) is 24.3 Å². The molecule has 3 nitrogen and oxygen atoms in total. The van der Waals surface area contributed by atoms with Crippen molar-refractivity contribution >= 4 is 11.3 Å². The zero-order valence-corrected chi connectivity index (χ0v) is 12.3. The molecular formula is C14H6F6N2OS. The number of rotatable bonds is 2. The van der Waals surface area contributed by atoms with Crippen LogP contribution in [0.15, 0.2) is 40.9 Å². The summed E-state index contributed by atoms with van der Waals surface area (Å²) in [6.45, 7) is 0. The molecule has 10 heteroatoms. The monoisotopic (exact) mass is 364 g/mol. The van der Waals surface area contributed by atoms with Crippen LogP contribution in [0, 0.1) is 0 Å². The largest absolute Gasteiger partial charge is 0.425 e. The molecule has 0 aliphatic rings. The Morgan fingerprint density at radius 3 is 2.29 bits per heavy atom. The summed E-state index contributed by atoms with van der Waals surface area (Å²) in [5, 5.41) is 3.53. The summed E-state index contributed by atoms with van der Waals surface area (Å²) in [6, 6.07) is 6.29. The van der Waals surface area contributed by atoms with E-state index in [1.54, 1.807) is 0 Å². The Morgan fingerprint density at radius 1 is 0.917 bits per heavy atom. The maximum Gasteiger partial charge on any atom is 0.425 e. The quantitative estimate of drug-likeness (QED) is 0.564. The zero-order chi connectivity index (χ0) is 17.5. The van der Waals surface area contributed by atoms with Crippen molar-refractivity contribution < 1.29 is 30.9 Å². The normalized spacial score (nSPS) is 12.6. The average Bonchev–Trinajstić information content (AvgIpc) is 3.15. The molecule has 126 valence electrons. The van der Waals surface area contributed by atoms with Crippen LogP contribution in [0.3, 0.4) is 0 Å². The molecule has 0 aliphatic heterocycles. The molecule has 0 saturated heterocycles. The lowest BCUT2D eigenvalue weighted by molar-refractivity contribution is -0.137. The van der Waals surface area contributed by atoms with Gasteiger partial charge >= 0.3 is 12.4 Å². The third-order valence-electron chi connectivity index (χ3n) is 2.97. The molecule has 3 rings (SSSR count). The van der Waals surface area contributed by atoms with Crippen LogP contribution >= 0.6 is 11.3 Å². The predicted octanol–water partition coefficient (Wildman–Crippen LogP) is 5.50. The molecule has 24 heavy (non-hydrogen) atoms. The van der Waals surface area contributed by atoms with Crippen molar-refractivity contribution in [2.24, 2.45) is 0 Å². The predicted molar refractivity (Wildman–Crippen MR) is 73.1 cm³/mol. The highest BCUT2D eigenvalue weighted by Crippen LogP contribution is 2.38. The van der Waals surface area contributed by atoms with Gasteiger partial charge in [0, 0.05) is 5.56 Å². The first-order chi connectivity index (χ1) is 11.1. The number of alkyl halides is 6. The van der Waals surface area contributed by atoms with Gasteiger partial charge in [-0.1, -0.05) is 17.3 Å². The topological polar surface area (TPSA) is 38.9 Å². The fraction of sp³-hybridized carbons (Fsp3) is 0.143. The van der Waals surface area contributed by atoms with E-state index in [9.17, 15) is 26.3 Å². The number of hydrogen-bond acceptors (Lipinski definition) is 4. The summed E-state index contributed by atoms with van der Waals surface area (Å²) in [6.07, 6.45) is -9.02. The molecule has 2 heterocycles. The van der Waals surface area contributed by atoms with Crippen LogP contribution < -0.4 is 0 Å². The lowest BCUT2D eigenvalue weighted by atomic mass is 10.1. The standard InChI is InChI=1S/C14H6F6N2OS/c15-13(16,17)8-3-1-2-7(6-8)11-21-12(23-22-11)9-4-5-10(24-9)14(18,19)20/h1-6H. The molecule has 3 aromatic rings. The fourth-order valence-electron chi connectivity index (χ4n) is 1.88. The van der Waals surface area contributed by atoms with Crippen molar-refractivity contribution in [2.75, 3.05) is 0 Å². The first kappa shape index (κ1) is 16.5. The Bertz CT molecular complexity index is 865. The van der Waals surface area contributed by atoms with Crippen LogP contribution in [0.2, 0.25) is 0 Å². The van der Waals surface area contributed by atoms with Crippen LogP contribution in [-0.4, -0.2) is 10.1 Å². The van der Waals surface area contributed by atoms with E-state index in [2.05, 4.69) is 10.1 Å². The van der Waals surface area contributed by atoms with Gasteiger partial charge in [0.1, 0.15) is 4.88 Å². The third-order valence-corrected chi connectivity index (χ3v) is 4.09. The van der Waals surface area contributed by atoms with Crippen molar-refractivity contribution in [1.29, 1.82) is 0 Å². The van der Waals surface area contributed by atoms with Gasteiger partial charge in [-0.15, -0.1) is 11.3 Å². The van der Waals surface area contributed by atoms with Gasteiger partial charge in [0.15, 0.2) is 0 Å². The van der Waals surface area contributed by atoms with Gasteiger partial charge in [0.25, 0.3) is 5.89 Å². The number of benzene rings is 1. The van der Waals surface area contributed by atoms with Gasteiger partial charge < -0.3 is 4.52 Å². The highest BCUT2D eigenvalue weighted by atomic mass is 32.1. The molecule has 0 aliphatic carbocycles. The minimum Gasteiger partial charge on any atom is -0.333 e. The van der Waals surface area contributed by atoms with Gasteiger partial charge in [-0.2, -0.15) is 31.3 Å². The Kier molecular flexibility index (Phi) is 3.86. The molecule has 0 N–H and O–H groups in total. The lowest BCUT2D eigenvalue weighted by Gasteiger charge is -2.06. The summed E-state index contributed by atoms with van der Waals surface area (Å²) < 4.78 is 80.7. The van der Waals surface area contributed by atoms with Crippen LogP contribution in [0.25, 0.3) is 22.2 Å². The van der Waals surface area contributed by atoms with Crippen molar-refractivity contribution in [3.63, 3.8) is 0 Å². The summed E-state index contributed by atoms with van der Waals surface area (Å²) in [4.78, 5) is 3.11. The number of aromatic nitrogens is 2. The number of hydrogen-bond donors (Lipinski definition) is 0. The van der Waals surface area contributed by atoms with Gasteiger partial charge in [-0.05, 0) is 24.3 Å². The Hall–Kier alpha value is -2.36.